The van der Waals surface area contributed by atoms with Gasteiger partial charge in [0, 0.05) is 39.3 Å². The molecule has 2 amide bonds. The Bertz CT molecular complexity index is 813. The number of ether oxygens (including phenoxy) is 1. The normalized spacial score (nSPS) is 14.4. The standard InChI is InChI=1S/C22H27N3O4/c1-2-29-20-9-5-18(6-10-20)16-24-11-13-25(14-12-24)22(28)23-15-17-3-7-19(8-4-17)21(26)27/h3-10H,2,11-16H2,1H3,(H,23,28)(H,26,27). The topological polar surface area (TPSA) is 82.1 Å². The molecule has 0 radical (unpaired) electrons. The predicted octanol–water partition coefficient (Wildman–Crippen LogP) is 2.81. The van der Waals surface area contributed by atoms with E-state index in [-0.39, 0.29) is 11.6 Å². The molecule has 3 rings (SSSR count). The van der Waals surface area contributed by atoms with Gasteiger partial charge in [-0.2, -0.15) is 0 Å². The molecule has 0 bridgehead atoms. The first-order valence-corrected chi connectivity index (χ1v) is 9.84. The molecule has 1 aliphatic heterocycles. The largest absolute Gasteiger partial charge is 0.494 e. The molecule has 2 aromatic carbocycles. The van der Waals surface area contributed by atoms with E-state index in [0.29, 0.717) is 26.2 Å². The van der Waals surface area contributed by atoms with Crippen molar-refractivity contribution in [2.75, 3.05) is 32.8 Å². The third-order valence-electron chi connectivity index (χ3n) is 4.94. The van der Waals surface area contributed by atoms with Gasteiger partial charge in [-0.05, 0) is 42.3 Å². The van der Waals surface area contributed by atoms with Crippen molar-refractivity contribution in [3.05, 3.63) is 65.2 Å². The van der Waals surface area contributed by atoms with Crippen LogP contribution < -0.4 is 10.1 Å². The first-order valence-electron chi connectivity index (χ1n) is 9.84. The molecule has 29 heavy (non-hydrogen) atoms. The van der Waals surface area contributed by atoms with Crippen LogP contribution in [0, 0.1) is 0 Å². The molecular weight excluding hydrogens is 370 g/mol. The fourth-order valence-corrected chi connectivity index (χ4v) is 3.28. The van der Waals surface area contributed by atoms with E-state index < -0.39 is 5.97 Å². The Kier molecular flexibility index (Phi) is 7.08. The van der Waals surface area contributed by atoms with E-state index in [1.807, 2.05) is 24.0 Å². The summed E-state index contributed by atoms with van der Waals surface area (Å²) in [5, 5.41) is 11.8. The third-order valence-corrected chi connectivity index (χ3v) is 4.94. The van der Waals surface area contributed by atoms with Crippen molar-refractivity contribution < 1.29 is 19.4 Å². The number of nitrogens with one attached hydrogen (secondary N) is 1. The second-order valence-electron chi connectivity index (χ2n) is 7.00. The van der Waals surface area contributed by atoms with Crippen LogP contribution in [-0.4, -0.2) is 59.7 Å². The molecule has 7 nitrogen and oxygen atoms in total. The van der Waals surface area contributed by atoms with E-state index in [1.54, 1.807) is 24.3 Å². The summed E-state index contributed by atoms with van der Waals surface area (Å²) in [4.78, 5) is 27.4. The number of carboxylic acid groups (broad SMARTS) is 1. The molecule has 0 saturated carbocycles. The second kappa shape index (κ2) is 9.93. The maximum absolute atomic E-state index is 12.4. The number of rotatable bonds is 7. The highest BCUT2D eigenvalue weighted by molar-refractivity contribution is 5.87. The minimum Gasteiger partial charge on any atom is -0.494 e. The highest BCUT2D eigenvalue weighted by atomic mass is 16.5. The van der Waals surface area contributed by atoms with Gasteiger partial charge in [-0.25, -0.2) is 9.59 Å². The van der Waals surface area contributed by atoms with Crippen molar-refractivity contribution in [1.82, 2.24) is 15.1 Å². The van der Waals surface area contributed by atoms with Gasteiger partial charge in [0.15, 0.2) is 0 Å². The van der Waals surface area contributed by atoms with Gasteiger partial charge in [0.2, 0.25) is 0 Å². The van der Waals surface area contributed by atoms with Crippen LogP contribution in [0.25, 0.3) is 0 Å². The molecule has 0 spiro atoms. The average Bonchev–Trinajstić information content (AvgIpc) is 2.74. The highest BCUT2D eigenvalue weighted by Gasteiger charge is 2.21. The molecule has 2 aromatic rings. The van der Waals surface area contributed by atoms with Crippen LogP contribution in [0.1, 0.15) is 28.4 Å². The summed E-state index contributed by atoms with van der Waals surface area (Å²) >= 11 is 0. The third kappa shape index (κ3) is 5.96. The molecule has 1 saturated heterocycles. The summed E-state index contributed by atoms with van der Waals surface area (Å²) in [6.07, 6.45) is 0. The van der Waals surface area contributed by atoms with Crippen molar-refractivity contribution in [2.24, 2.45) is 0 Å². The number of carbonyl (C=O) groups is 2. The first-order chi connectivity index (χ1) is 14.0. The zero-order valence-electron chi connectivity index (χ0n) is 16.6. The Labute approximate surface area is 170 Å². The number of amides is 2. The Morgan fingerprint density at radius 2 is 1.59 bits per heavy atom. The number of hydrogen-bond donors (Lipinski definition) is 2. The summed E-state index contributed by atoms with van der Waals surface area (Å²) in [5.74, 6) is -0.0703. The number of piperazine rings is 1. The van der Waals surface area contributed by atoms with Gasteiger partial charge in [-0.15, -0.1) is 0 Å². The van der Waals surface area contributed by atoms with Crippen LogP contribution >= 0.6 is 0 Å². The molecule has 0 unspecified atom stereocenters. The van der Waals surface area contributed by atoms with Crippen molar-refractivity contribution in [2.45, 2.75) is 20.0 Å². The first kappa shape index (κ1) is 20.7. The molecule has 0 aliphatic carbocycles. The minimum atomic E-state index is -0.955. The maximum atomic E-state index is 12.4. The number of aromatic carboxylic acids is 1. The maximum Gasteiger partial charge on any atom is 0.335 e. The number of carbonyl (C=O) groups excluding carboxylic acids is 1. The second-order valence-corrected chi connectivity index (χ2v) is 7.00. The fraction of sp³-hybridized carbons (Fsp3) is 0.364. The van der Waals surface area contributed by atoms with Crippen molar-refractivity contribution in [3.8, 4) is 5.75 Å². The molecule has 2 N–H and O–H groups in total. The Morgan fingerprint density at radius 3 is 2.17 bits per heavy atom. The summed E-state index contributed by atoms with van der Waals surface area (Å²) in [6.45, 7) is 6.89. The Balaban J connectivity index is 1.41. The summed E-state index contributed by atoms with van der Waals surface area (Å²) in [7, 11) is 0. The molecule has 0 aromatic heterocycles. The molecule has 154 valence electrons. The average molecular weight is 397 g/mol. The zero-order chi connectivity index (χ0) is 20.6. The number of carboxylic acids is 1. The highest BCUT2D eigenvalue weighted by Crippen LogP contribution is 2.15. The minimum absolute atomic E-state index is 0.0898. The van der Waals surface area contributed by atoms with Crippen molar-refractivity contribution in [3.63, 3.8) is 0 Å². The van der Waals surface area contributed by atoms with E-state index in [9.17, 15) is 9.59 Å². The monoisotopic (exact) mass is 397 g/mol. The van der Waals surface area contributed by atoms with Gasteiger partial charge in [0.25, 0.3) is 0 Å². The van der Waals surface area contributed by atoms with Gasteiger partial charge in [0.1, 0.15) is 5.75 Å². The van der Waals surface area contributed by atoms with Gasteiger partial charge in [0.05, 0.1) is 12.2 Å². The molecule has 1 aliphatic rings. The number of nitrogens with zero attached hydrogens (tertiary/aromatic N) is 2. The van der Waals surface area contributed by atoms with Gasteiger partial charge < -0.3 is 20.1 Å². The smallest absolute Gasteiger partial charge is 0.335 e. The zero-order valence-corrected chi connectivity index (χ0v) is 16.6. The Hall–Kier alpha value is -3.06. The molecular formula is C22H27N3O4. The molecule has 1 fully saturated rings. The molecule has 1 heterocycles. The van der Waals surface area contributed by atoms with Crippen molar-refractivity contribution in [1.29, 1.82) is 0 Å². The predicted molar refractivity (Wildman–Crippen MR) is 110 cm³/mol. The van der Waals surface area contributed by atoms with E-state index in [1.165, 1.54) is 5.56 Å². The SMILES string of the molecule is CCOc1ccc(CN2CCN(C(=O)NCc3ccc(C(=O)O)cc3)CC2)cc1. The van der Waals surface area contributed by atoms with E-state index in [0.717, 1.165) is 30.9 Å². The van der Waals surface area contributed by atoms with E-state index >= 15 is 0 Å². The van der Waals surface area contributed by atoms with Crippen LogP contribution in [0.5, 0.6) is 5.75 Å². The Morgan fingerprint density at radius 1 is 0.966 bits per heavy atom. The van der Waals surface area contributed by atoms with Crippen LogP contribution in [-0.2, 0) is 13.1 Å². The van der Waals surface area contributed by atoms with Crippen LogP contribution in [0.15, 0.2) is 48.5 Å². The summed E-state index contributed by atoms with van der Waals surface area (Å²) in [5.41, 5.74) is 2.34. The lowest BCUT2D eigenvalue weighted by Crippen LogP contribution is -2.51. The fourth-order valence-electron chi connectivity index (χ4n) is 3.28. The number of benzene rings is 2. The lowest BCUT2D eigenvalue weighted by atomic mass is 10.1. The molecule has 7 heteroatoms. The number of hydrogen-bond acceptors (Lipinski definition) is 4. The van der Waals surface area contributed by atoms with Crippen molar-refractivity contribution >= 4 is 12.0 Å². The lowest BCUT2D eigenvalue weighted by Gasteiger charge is -2.34. The van der Waals surface area contributed by atoms with Crippen LogP contribution in [0.3, 0.4) is 0 Å². The van der Waals surface area contributed by atoms with Crippen LogP contribution in [0.2, 0.25) is 0 Å². The quantitative estimate of drug-likeness (QED) is 0.751. The van der Waals surface area contributed by atoms with Gasteiger partial charge in [-0.3, -0.25) is 4.90 Å². The summed E-state index contributed by atoms with van der Waals surface area (Å²) in [6, 6.07) is 14.6. The summed E-state index contributed by atoms with van der Waals surface area (Å²) < 4.78 is 5.47. The van der Waals surface area contributed by atoms with Gasteiger partial charge >= 0.3 is 12.0 Å². The lowest BCUT2D eigenvalue weighted by molar-refractivity contribution is 0.0696. The molecule has 0 atom stereocenters. The van der Waals surface area contributed by atoms with Gasteiger partial charge in [-0.1, -0.05) is 24.3 Å². The van der Waals surface area contributed by atoms with Crippen LogP contribution in [0.4, 0.5) is 4.79 Å². The van der Waals surface area contributed by atoms with E-state index in [4.69, 9.17) is 9.84 Å². The number of urea groups is 1. The van der Waals surface area contributed by atoms with E-state index in [2.05, 4.69) is 22.3 Å².